The molecule has 1 amide bonds. The lowest BCUT2D eigenvalue weighted by molar-refractivity contribution is -0.126. The van der Waals surface area contributed by atoms with Gasteiger partial charge in [-0.15, -0.1) is 0 Å². The van der Waals surface area contributed by atoms with Gasteiger partial charge in [-0.25, -0.2) is 12.8 Å². The van der Waals surface area contributed by atoms with E-state index in [0.29, 0.717) is 25.9 Å². The Labute approximate surface area is 189 Å². The fraction of sp³-hybridized carbons (Fsp3) is 0.458. The topological polar surface area (TPSA) is 69.7 Å². The molecule has 2 aliphatic rings. The number of nitrogens with one attached hydrogen (secondary N) is 1. The van der Waals surface area contributed by atoms with Crippen LogP contribution in [0.5, 0.6) is 0 Å². The van der Waals surface area contributed by atoms with Gasteiger partial charge in [0.1, 0.15) is 5.82 Å². The number of amides is 1. The molecule has 172 valence electrons. The maximum absolute atomic E-state index is 13.2. The molecule has 2 heterocycles. The number of benzene rings is 2. The summed E-state index contributed by atoms with van der Waals surface area (Å²) in [6, 6.07) is 13.1. The first-order valence-corrected chi connectivity index (χ1v) is 12.7. The quantitative estimate of drug-likeness (QED) is 0.691. The van der Waals surface area contributed by atoms with Gasteiger partial charge < -0.3 is 5.32 Å². The van der Waals surface area contributed by atoms with E-state index in [0.717, 1.165) is 37.3 Å². The summed E-state index contributed by atoms with van der Waals surface area (Å²) in [7, 11) is -3.75. The number of sulfonamides is 1. The summed E-state index contributed by atoms with van der Waals surface area (Å²) < 4.78 is 40.3. The van der Waals surface area contributed by atoms with Crippen LogP contribution in [0.2, 0.25) is 0 Å². The monoisotopic (exact) mass is 459 g/mol. The van der Waals surface area contributed by atoms with Crippen LogP contribution in [0, 0.1) is 11.7 Å². The van der Waals surface area contributed by atoms with Gasteiger partial charge in [0, 0.05) is 26.2 Å². The molecule has 2 aliphatic heterocycles. The second kappa shape index (κ2) is 10.1. The lowest BCUT2D eigenvalue weighted by Crippen LogP contribution is -2.45. The summed E-state index contributed by atoms with van der Waals surface area (Å²) in [5.41, 5.74) is 2.29. The summed E-state index contributed by atoms with van der Waals surface area (Å²) in [5.74, 6) is -1.01. The van der Waals surface area contributed by atoms with Crippen LogP contribution in [0.1, 0.15) is 36.8 Å². The fourth-order valence-electron chi connectivity index (χ4n) is 4.50. The highest BCUT2D eigenvalue weighted by atomic mass is 32.2. The summed E-state index contributed by atoms with van der Waals surface area (Å²) in [5, 5.41) is 2.99. The number of carbonyl (C=O) groups excluding carboxylic acids is 1. The number of piperidine rings is 1. The van der Waals surface area contributed by atoms with Crippen molar-refractivity contribution in [2.75, 3.05) is 26.2 Å². The number of nitrogens with zero attached hydrogens (tertiary/aromatic N) is 2. The SMILES string of the molecule is O=C(NCc1cccc(CN2CCCC2)c1)C1CCCN(S(=O)(=O)c2ccc(F)cc2)C1. The molecule has 4 rings (SSSR count). The highest BCUT2D eigenvalue weighted by molar-refractivity contribution is 7.89. The molecular weight excluding hydrogens is 429 g/mol. The number of hydrogen-bond donors (Lipinski definition) is 1. The van der Waals surface area contributed by atoms with Crippen LogP contribution in [0.25, 0.3) is 0 Å². The summed E-state index contributed by atoms with van der Waals surface area (Å²) in [6.45, 7) is 4.14. The molecule has 1 N–H and O–H groups in total. The molecule has 0 bridgehead atoms. The predicted octanol–water partition coefficient (Wildman–Crippen LogP) is 3.14. The second-order valence-electron chi connectivity index (χ2n) is 8.68. The first-order chi connectivity index (χ1) is 15.4. The van der Waals surface area contributed by atoms with E-state index < -0.39 is 21.8 Å². The third kappa shape index (κ3) is 5.54. The second-order valence-corrected chi connectivity index (χ2v) is 10.6. The molecule has 2 aromatic carbocycles. The van der Waals surface area contributed by atoms with Crippen molar-refractivity contribution in [2.24, 2.45) is 5.92 Å². The standard InChI is InChI=1S/C24H30FN3O3S/c25-22-8-10-23(11-9-22)32(30,31)28-14-4-7-21(18-28)24(29)26-16-19-5-3-6-20(15-19)17-27-12-1-2-13-27/h3,5-6,8-11,15,21H,1-2,4,7,12-14,16-18H2,(H,26,29). The number of halogens is 1. The van der Waals surface area contributed by atoms with Gasteiger partial charge in [-0.05, 0) is 74.2 Å². The Morgan fingerprint density at radius 1 is 1.00 bits per heavy atom. The largest absolute Gasteiger partial charge is 0.352 e. The smallest absolute Gasteiger partial charge is 0.243 e. The van der Waals surface area contributed by atoms with Crippen LogP contribution in [0.3, 0.4) is 0 Å². The van der Waals surface area contributed by atoms with Crippen molar-refractivity contribution in [1.29, 1.82) is 0 Å². The molecule has 2 fully saturated rings. The van der Waals surface area contributed by atoms with E-state index in [9.17, 15) is 17.6 Å². The molecule has 0 radical (unpaired) electrons. The van der Waals surface area contributed by atoms with Crippen molar-refractivity contribution in [1.82, 2.24) is 14.5 Å². The lowest BCUT2D eigenvalue weighted by atomic mass is 9.98. The van der Waals surface area contributed by atoms with Crippen molar-refractivity contribution in [3.63, 3.8) is 0 Å². The van der Waals surface area contributed by atoms with E-state index in [1.165, 1.54) is 34.8 Å². The van der Waals surface area contributed by atoms with Gasteiger partial charge >= 0.3 is 0 Å². The van der Waals surface area contributed by atoms with Crippen LogP contribution in [-0.2, 0) is 27.9 Å². The Bertz CT molecular complexity index is 1040. The van der Waals surface area contributed by atoms with Crippen LogP contribution in [0.4, 0.5) is 4.39 Å². The van der Waals surface area contributed by atoms with Crippen LogP contribution >= 0.6 is 0 Å². The number of hydrogen-bond acceptors (Lipinski definition) is 4. The lowest BCUT2D eigenvalue weighted by Gasteiger charge is -2.31. The van der Waals surface area contributed by atoms with E-state index >= 15 is 0 Å². The predicted molar refractivity (Wildman–Crippen MR) is 121 cm³/mol. The normalized spacial score (nSPS) is 20.3. The molecule has 32 heavy (non-hydrogen) atoms. The van der Waals surface area contributed by atoms with Crippen LogP contribution in [0.15, 0.2) is 53.4 Å². The van der Waals surface area contributed by atoms with Crippen molar-refractivity contribution in [2.45, 2.75) is 43.7 Å². The molecule has 0 aliphatic carbocycles. The van der Waals surface area contributed by atoms with E-state index in [1.54, 1.807) is 0 Å². The first kappa shape index (κ1) is 22.9. The zero-order valence-corrected chi connectivity index (χ0v) is 19.0. The van der Waals surface area contributed by atoms with E-state index in [1.807, 2.05) is 12.1 Å². The minimum Gasteiger partial charge on any atom is -0.352 e. The molecule has 0 aromatic heterocycles. The Morgan fingerprint density at radius 3 is 2.47 bits per heavy atom. The van der Waals surface area contributed by atoms with Crippen LogP contribution < -0.4 is 5.32 Å². The first-order valence-electron chi connectivity index (χ1n) is 11.3. The number of likely N-dealkylation sites (tertiary alicyclic amines) is 1. The van der Waals surface area contributed by atoms with E-state index in [2.05, 4.69) is 22.3 Å². The van der Waals surface area contributed by atoms with Gasteiger partial charge in [-0.2, -0.15) is 4.31 Å². The van der Waals surface area contributed by atoms with Crippen molar-refractivity contribution in [3.8, 4) is 0 Å². The van der Waals surface area contributed by atoms with Crippen molar-refractivity contribution >= 4 is 15.9 Å². The Balaban J connectivity index is 1.34. The zero-order chi connectivity index (χ0) is 22.6. The van der Waals surface area contributed by atoms with Gasteiger partial charge in [-0.3, -0.25) is 9.69 Å². The minimum atomic E-state index is -3.75. The maximum Gasteiger partial charge on any atom is 0.243 e. The molecule has 2 aromatic rings. The number of rotatable bonds is 7. The minimum absolute atomic E-state index is 0.0507. The molecule has 8 heteroatoms. The van der Waals surface area contributed by atoms with Crippen molar-refractivity contribution < 1.29 is 17.6 Å². The fourth-order valence-corrected chi connectivity index (χ4v) is 6.02. The third-order valence-electron chi connectivity index (χ3n) is 6.27. The highest BCUT2D eigenvalue weighted by Crippen LogP contribution is 2.24. The highest BCUT2D eigenvalue weighted by Gasteiger charge is 2.33. The van der Waals surface area contributed by atoms with Gasteiger partial charge in [-0.1, -0.05) is 24.3 Å². The van der Waals surface area contributed by atoms with E-state index in [-0.39, 0.29) is 17.3 Å². The molecule has 2 saturated heterocycles. The average molecular weight is 460 g/mol. The Kier molecular flexibility index (Phi) is 7.23. The third-order valence-corrected chi connectivity index (χ3v) is 8.15. The Hall–Kier alpha value is -2.29. The summed E-state index contributed by atoms with van der Waals surface area (Å²) in [4.78, 5) is 15.3. The zero-order valence-electron chi connectivity index (χ0n) is 18.2. The summed E-state index contributed by atoms with van der Waals surface area (Å²) in [6.07, 6.45) is 3.77. The van der Waals surface area contributed by atoms with Gasteiger partial charge in [0.15, 0.2) is 0 Å². The van der Waals surface area contributed by atoms with Gasteiger partial charge in [0.2, 0.25) is 15.9 Å². The summed E-state index contributed by atoms with van der Waals surface area (Å²) >= 11 is 0. The average Bonchev–Trinajstić information content (AvgIpc) is 3.31. The van der Waals surface area contributed by atoms with Crippen molar-refractivity contribution in [3.05, 3.63) is 65.5 Å². The molecule has 6 nitrogen and oxygen atoms in total. The van der Waals surface area contributed by atoms with Gasteiger partial charge in [0.25, 0.3) is 0 Å². The molecule has 1 atom stereocenters. The van der Waals surface area contributed by atoms with Gasteiger partial charge in [0.05, 0.1) is 10.8 Å². The molecule has 1 unspecified atom stereocenters. The number of carbonyl (C=O) groups is 1. The molecular formula is C24H30FN3O3S. The Morgan fingerprint density at radius 2 is 1.72 bits per heavy atom. The molecule has 0 spiro atoms. The maximum atomic E-state index is 13.2. The van der Waals surface area contributed by atoms with E-state index in [4.69, 9.17) is 0 Å². The van der Waals surface area contributed by atoms with Crippen LogP contribution in [-0.4, -0.2) is 49.7 Å². The molecule has 0 saturated carbocycles.